The first-order chi connectivity index (χ1) is 19.5. The predicted molar refractivity (Wildman–Crippen MR) is 156 cm³/mol. The molecule has 0 bridgehead atoms. The summed E-state index contributed by atoms with van der Waals surface area (Å²) in [6, 6.07) is 23.3. The van der Waals surface area contributed by atoms with Gasteiger partial charge >= 0.3 is 35.3 Å². The van der Waals surface area contributed by atoms with E-state index >= 15 is 0 Å². The minimum Gasteiger partial charge on any atom is -1.00 e. The molecule has 0 atom stereocenters. The summed E-state index contributed by atoms with van der Waals surface area (Å²) in [5, 5.41) is 3.85. The van der Waals surface area contributed by atoms with Crippen LogP contribution in [0.4, 0.5) is 0 Å². The molecule has 0 aliphatic heterocycles. The van der Waals surface area contributed by atoms with Crippen molar-refractivity contribution in [2.75, 3.05) is 6.61 Å². The van der Waals surface area contributed by atoms with Crippen molar-refractivity contribution < 1.29 is 40.2 Å². The molecule has 9 heteroatoms. The Morgan fingerprint density at radius 3 is 2.29 bits per heavy atom. The van der Waals surface area contributed by atoms with Gasteiger partial charge in [0.05, 0.1) is 18.0 Å². The Labute approximate surface area is 262 Å². The molecule has 0 saturated carbocycles. The van der Waals surface area contributed by atoms with Crippen molar-refractivity contribution in [3.8, 4) is 34.0 Å². The number of aromatic amines is 1. The number of nitrogens with zero attached hydrogens (tertiary/aromatic N) is 3. The number of hydrogen-bond donors (Lipinski definition) is 1. The first-order valence-electron chi connectivity index (χ1n) is 13.6. The van der Waals surface area contributed by atoms with Gasteiger partial charge in [0, 0.05) is 17.5 Å². The molecular weight excluding hydrogens is 527 g/mol. The Kier molecular flexibility index (Phi) is 10.2. The average molecular weight is 561 g/mol. The van der Waals surface area contributed by atoms with E-state index in [1.807, 2.05) is 86.6 Å². The molecule has 2 aromatic heterocycles. The summed E-state index contributed by atoms with van der Waals surface area (Å²) >= 11 is 0. The quantitative estimate of drug-likeness (QED) is 0.264. The topological polar surface area (TPSA) is 103 Å². The molecule has 5 rings (SSSR count). The van der Waals surface area contributed by atoms with Crippen LogP contribution < -0.4 is 45.6 Å². The molecule has 8 nitrogen and oxygen atoms in total. The molecule has 0 unspecified atom stereocenters. The van der Waals surface area contributed by atoms with Crippen molar-refractivity contribution >= 4 is 0 Å². The number of ether oxygens (including phenoxy) is 1. The molecular formula is C32H33N4NaO4. The third-order valence-corrected chi connectivity index (χ3v) is 6.87. The molecule has 41 heavy (non-hydrogen) atoms. The van der Waals surface area contributed by atoms with Crippen LogP contribution in [0.3, 0.4) is 0 Å². The van der Waals surface area contributed by atoms with Crippen molar-refractivity contribution in [1.29, 1.82) is 0 Å². The zero-order chi connectivity index (χ0) is 28.1. The summed E-state index contributed by atoms with van der Waals surface area (Å²) in [7, 11) is 0. The van der Waals surface area contributed by atoms with Gasteiger partial charge in [0.1, 0.15) is 11.6 Å². The maximum atomic E-state index is 13.9. The summed E-state index contributed by atoms with van der Waals surface area (Å²) in [5.41, 5.74) is 5.93. The molecule has 0 aliphatic rings. The van der Waals surface area contributed by atoms with Gasteiger partial charge in [0.25, 0.3) is 5.56 Å². The van der Waals surface area contributed by atoms with E-state index < -0.39 is 5.76 Å². The Morgan fingerprint density at radius 1 is 0.951 bits per heavy atom. The number of H-pyrrole nitrogens is 1. The van der Waals surface area contributed by atoms with E-state index in [1.165, 1.54) is 0 Å². The second-order valence-electron chi connectivity index (χ2n) is 9.62. The molecule has 0 spiro atoms. The second kappa shape index (κ2) is 13.8. The Hall–Kier alpha value is -3.72. The van der Waals surface area contributed by atoms with Gasteiger partial charge in [-0.25, -0.2) is 9.78 Å². The molecule has 5 aromatic rings. The van der Waals surface area contributed by atoms with E-state index in [-0.39, 0.29) is 36.5 Å². The first-order valence-corrected chi connectivity index (χ1v) is 13.6. The van der Waals surface area contributed by atoms with Gasteiger partial charge in [0.2, 0.25) is 0 Å². The summed E-state index contributed by atoms with van der Waals surface area (Å²) in [5.74, 6) is 1.22. The first kappa shape index (κ1) is 30.2. The average Bonchev–Trinajstić information content (AvgIpc) is 3.41. The Morgan fingerprint density at radius 2 is 1.66 bits per heavy atom. The third kappa shape index (κ3) is 6.78. The van der Waals surface area contributed by atoms with Crippen molar-refractivity contribution in [2.45, 2.75) is 46.5 Å². The molecule has 0 fully saturated rings. The third-order valence-electron chi connectivity index (χ3n) is 6.87. The number of rotatable bonds is 10. The number of aryl methyl sites for hydroxylation is 2. The van der Waals surface area contributed by atoms with Gasteiger partial charge in [0.15, 0.2) is 5.82 Å². The van der Waals surface area contributed by atoms with Crippen molar-refractivity contribution in [2.24, 2.45) is 0 Å². The fourth-order valence-electron chi connectivity index (χ4n) is 4.90. The summed E-state index contributed by atoms with van der Waals surface area (Å²) < 4.78 is 12.0. The van der Waals surface area contributed by atoms with Crippen LogP contribution in [0.1, 0.15) is 50.8 Å². The zero-order valence-electron chi connectivity index (χ0n) is 24.9. The minimum absolute atomic E-state index is 0. The Bertz CT molecular complexity index is 1730. The minimum atomic E-state index is -0.596. The monoisotopic (exact) mass is 560 g/mol. The van der Waals surface area contributed by atoms with Crippen molar-refractivity contribution in [3.63, 3.8) is 0 Å². The number of unbranched alkanes of at least 4 members (excludes halogenated alkanes) is 1. The fourth-order valence-corrected chi connectivity index (χ4v) is 4.90. The number of benzene rings is 3. The van der Waals surface area contributed by atoms with E-state index in [2.05, 4.69) is 17.1 Å². The van der Waals surface area contributed by atoms with E-state index in [4.69, 9.17) is 14.2 Å². The van der Waals surface area contributed by atoms with Crippen LogP contribution in [0, 0.1) is 6.92 Å². The van der Waals surface area contributed by atoms with Crippen molar-refractivity contribution in [1.82, 2.24) is 19.7 Å². The van der Waals surface area contributed by atoms with Crippen LogP contribution in [0.25, 0.3) is 28.2 Å². The van der Waals surface area contributed by atoms with Gasteiger partial charge in [-0.2, -0.15) is 0 Å². The summed E-state index contributed by atoms with van der Waals surface area (Å²) in [6.45, 7) is 6.54. The fraction of sp³-hybridized carbons (Fsp3) is 0.250. The number of nitrogens with one attached hydrogen (secondary N) is 1. The van der Waals surface area contributed by atoms with Crippen LogP contribution in [0.15, 0.2) is 86.9 Å². The Balaban J connectivity index is 0.00000242. The van der Waals surface area contributed by atoms with Crippen LogP contribution in [-0.2, 0) is 12.8 Å². The molecule has 0 amide bonds. The summed E-state index contributed by atoms with van der Waals surface area (Å²) in [6.07, 6.45) is 3.22. The normalized spacial score (nSPS) is 10.8. The maximum absolute atomic E-state index is 13.9. The molecule has 3 aromatic carbocycles. The molecule has 206 valence electrons. The second-order valence-corrected chi connectivity index (χ2v) is 9.62. The molecule has 0 saturated heterocycles. The predicted octanol–water partition coefficient (Wildman–Crippen LogP) is 3.00. The van der Waals surface area contributed by atoms with Crippen LogP contribution in [-0.4, -0.2) is 26.3 Å². The van der Waals surface area contributed by atoms with E-state index in [0.717, 1.165) is 58.6 Å². The standard InChI is InChI=1S/C32H32N4O4.Na.H/c1-4-6-11-29-28(31(37)36(21(3)33-29)24-16-18-25(19-17-24)39-5-2)20-22-12-14-23(15-13-22)26-9-7-8-10-27(26)30-34-32(38)40-35-30;;/h7-10,12-19H,4-6,11,20H2,1-3H3,(H,34,35,38);;/q;+1;-1. The maximum Gasteiger partial charge on any atom is 1.00 e. The molecule has 0 aliphatic carbocycles. The van der Waals surface area contributed by atoms with E-state index in [9.17, 15) is 9.59 Å². The van der Waals surface area contributed by atoms with E-state index in [0.29, 0.717) is 30.2 Å². The smallest absolute Gasteiger partial charge is 1.00 e. The van der Waals surface area contributed by atoms with Crippen LogP contribution in [0.5, 0.6) is 5.75 Å². The SMILES string of the molecule is CCCCc1nc(C)n(-c2ccc(OCC)cc2)c(=O)c1Cc1ccc(-c2ccccc2-c2noc(=O)[nH]2)cc1.[H-].[Na+]. The van der Waals surface area contributed by atoms with Crippen molar-refractivity contribution in [3.05, 3.63) is 116 Å². The van der Waals surface area contributed by atoms with Crippen LogP contribution >= 0.6 is 0 Å². The largest absolute Gasteiger partial charge is 1.00 e. The van der Waals surface area contributed by atoms with E-state index in [1.54, 1.807) is 4.57 Å². The number of hydrogen-bond acceptors (Lipinski definition) is 6. The van der Waals surface area contributed by atoms with Gasteiger partial charge in [-0.3, -0.25) is 18.9 Å². The zero-order valence-corrected chi connectivity index (χ0v) is 25.9. The van der Waals surface area contributed by atoms with Crippen LogP contribution in [0.2, 0.25) is 0 Å². The molecule has 2 heterocycles. The van der Waals surface area contributed by atoms with Gasteiger partial charge in [-0.1, -0.05) is 67.0 Å². The molecule has 0 radical (unpaired) electrons. The summed E-state index contributed by atoms with van der Waals surface area (Å²) in [4.78, 5) is 33.0. The van der Waals surface area contributed by atoms with Gasteiger partial charge in [-0.05, 0) is 67.6 Å². The van der Waals surface area contributed by atoms with Gasteiger partial charge in [-0.15, -0.1) is 0 Å². The molecule has 1 N–H and O–H groups in total. The van der Waals surface area contributed by atoms with Gasteiger partial charge < -0.3 is 6.16 Å². The number of aromatic nitrogens is 4.